The van der Waals surface area contributed by atoms with E-state index in [4.69, 9.17) is 16.3 Å². The Hall–Kier alpha value is -3.19. The van der Waals surface area contributed by atoms with Crippen molar-refractivity contribution in [3.63, 3.8) is 0 Å². The lowest BCUT2D eigenvalue weighted by molar-refractivity contribution is 0.315. The number of likely N-dealkylation sites (N-methyl/N-ethyl adjacent to an activating group) is 1. The van der Waals surface area contributed by atoms with Crippen molar-refractivity contribution in [3.05, 3.63) is 47.6 Å². The summed E-state index contributed by atoms with van der Waals surface area (Å²) in [4.78, 5) is 17.9. The Kier molecular flexibility index (Phi) is 7.79. The summed E-state index contributed by atoms with van der Waals surface area (Å²) in [6, 6.07) is 10.7. The molecule has 0 bridgehead atoms. The van der Waals surface area contributed by atoms with Gasteiger partial charge in [0, 0.05) is 19.1 Å². The lowest BCUT2D eigenvalue weighted by atomic mass is 10.2. The maximum Gasteiger partial charge on any atom is 0.242 e. The third-order valence-electron chi connectivity index (χ3n) is 5.95. The van der Waals surface area contributed by atoms with Gasteiger partial charge in [-0.15, -0.1) is 0 Å². The maximum absolute atomic E-state index is 12.4. The van der Waals surface area contributed by atoms with Crippen LogP contribution >= 0.6 is 11.6 Å². The first-order chi connectivity index (χ1) is 17.2. The fourth-order valence-electron chi connectivity index (χ4n) is 3.91. The highest BCUT2D eigenvalue weighted by Crippen LogP contribution is 2.32. The van der Waals surface area contributed by atoms with Gasteiger partial charge in [-0.05, 0) is 51.8 Å². The molecule has 11 nitrogen and oxygen atoms in total. The van der Waals surface area contributed by atoms with Crippen molar-refractivity contribution in [2.75, 3.05) is 56.9 Å². The lowest BCUT2D eigenvalue weighted by Crippen LogP contribution is -2.31. The summed E-state index contributed by atoms with van der Waals surface area (Å²) in [6.45, 7) is 1.82. The number of methoxy groups -OCH3 is 1. The number of halogens is 1. The molecular weight excluding hydrogens is 504 g/mol. The molecule has 1 aliphatic rings. The molecule has 1 fully saturated rings. The van der Waals surface area contributed by atoms with Gasteiger partial charge in [0.05, 0.1) is 19.0 Å². The molecule has 0 saturated carbocycles. The average molecular weight is 533 g/mol. The average Bonchev–Trinajstić information content (AvgIpc) is 3.37. The summed E-state index contributed by atoms with van der Waals surface area (Å²) in [5, 5.41) is 6.33. The molecule has 13 heteroatoms. The van der Waals surface area contributed by atoms with Gasteiger partial charge in [-0.2, -0.15) is 9.97 Å². The zero-order valence-corrected chi connectivity index (χ0v) is 22.1. The molecule has 1 atom stereocenters. The monoisotopic (exact) mass is 532 g/mol. The summed E-state index contributed by atoms with van der Waals surface area (Å²) >= 11 is 6.31. The first-order valence-electron chi connectivity index (χ1n) is 11.3. The van der Waals surface area contributed by atoms with Crippen molar-refractivity contribution in [1.82, 2.24) is 24.6 Å². The Labute approximate surface area is 215 Å². The van der Waals surface area contributed by atoms with Crippen LogP contribution in [0.25, 0.3) is 0 Å². The van der Waals surface area contributed by atoms with Crippen molar-refractivity contribution in [1.29, 1.82) is 0 Å². The molecule has 0 amide bonds. The number of rotatable bonds is 9. The minimum Gasteiger partial charge on any atom is -0.479 e. The second kappa shape index (κ2) is 10.8. The van der Waals surface area contributed by atoms with Crippen LogP contribution in [0.4, 0.5) is 29.0 Å². The number of hydrogen-bond donors (Lipinski definition) is 3. The number of ether oxygens (including phenoxy) is 1. The second-order valence-electron chi connectivity index (χ2n) is 8.42. The van der Waals surface area contributed by atoms with Crippen molar-refractivity contribution < 1.29 is 13.2 Å². The van der Waals surface area contributed by atoms with Gasteiger partial charge in [-0.3, -0.25) is 0 Å². The Bertz CT molecular complexity index is 1340. The fourth-order valence-corrected chi connectivity index (χ4v) is 4.93. The smallest absolute Gasteiger partial charge is 0.242 e. The van der Waals surface area contributed by atoms with Gasteiger partial charge >= 0.3 is 0 Å². The van der Waals surface area contributed by atoms with E-state index in [0.717, 1.165) is 25.3 Å². The molecule has 3 aromatic rings. The number of para-hydroxylation sites is 1. The van der Waals surface area contributed by atoms with Crippen molar-refractivity contribution in [2.45, 2.75) is 17.4 Å². The van der Waals surface area contributed by atoms with Crippen LogP contribution in [0.2, 0.25) is 5.02 Å². The van der Waals surface area contributed by atoms with E-state index in [1.165, 1.54) is 19.3 Å². The Morgan fingerprint density at radius 1 is 1.11 bits per heavy atom. The van der Waals surface area contributed by atoms with Gasteiger partial charge in [-0.1, -0.05) is 23.7 Å². The van der Waals surface area contributed by atoms with E-state index in [1.54, 1.807) is 25.3 Å². The largest absolute Gasteiger partial charge is 0.479 e. The van der Waals surface area contributed by atoms with E-state index < -0.39 is 10.0 Å². The number of sulfonamides is 1. The van der Waals surface area contributed by atoms with Gasteiger partial charge in [0.2, 0.25) is 21.9 Å². The third-order valence-corrected chi connectivity index (χ3v) is 7.69. The molecule has 1 unspecified atom stereocenters. The van der Waals surface area contributed by atoms with Gasteiger partial charge in [-0.25, -0.2) is 18.1 Å². The molecule has 2 aromatic heterocycles. The minimum atomic E-state index is -3.70. The molecule has 3 N–H and O–H groups in total. The van der Waals surface area contributed by atoms with Crippen LogP contribution in [-0.2, 0) is 10.0 Å². The SMILES string of the molecule is CNS(=O)(=O)c1ccccc1Nc1nc(Nc2ccc(N3CCC(N(C)C)C3)nc2OC)ncc1Cl. The molecule has 192 valence electrons. The highest BCUT2D eigenvalue weighted by Gasteiger charge is 2.25. The van der Waals surface area contributed by atoms with E-state index in [9.17, 15) is 8.42 Å². The number of anilines is 5. The molecule has 4 rings (SSSR count). The van der Waals surface area contributed by atoms with Crippen LogP contribution in [0.1, 0.15) is 6.42 Å². The summed E-state index contributed by atoms with van der Waals surface area (Å²) < 4.78 is 32.6. The zero-order chi connectivity index (χ0) is 25.9. The Balaban J connectivity index is 1.56. The van der Waals surface area contributed by atoms with E-state index in [1.807, 2.05) is 12.1 Å². The van der Waals surface area contributed by atoms with Gasteiger partial charge in [0.25, 0.3) is 0 Å². The summed E-state index contributed by atoms with van der Waals surface area (Å²) in [5.74, 6) is 1.71. The third kappa shape index (κ3) is 5.62. The molecular formula is C23H29ClN8O3S. The molecule has 1 aliphatic heterocycles. The van der Waals surface area contributed by atoms with E-state index in [2.05, 4.69) is 54.2 Å². The van der Waals surface area contributed by atoms with E-state index >= 15 is 0 Å². The summed E-state index contributed by atoms with van der Waals surface area (Å²) in [7, 11) is 3.38. The van der Waals surface area contributed by atoms with E-state index in [-0.39, 0.29) is 21.7 Å². The van der Waals surface area contributed by atoms with Crippen molar-refractivity contribution in [2.24, 2.45) is 0 Å². The standard InChI is InChI=1S/C23H29ClN8O3S/c1-25-36(33,34)19-8-6-5-7-17(19)27-21-16(24)13-26-23(30-21)28-18-9-10-20(29-22(18)35-4)32-12-11-15(14-32)31(2)3/h5-10,13,15,25H,11-12,14H2,1-4H3,(H2,26,27,28,30). The quantitative estimate of drug-likeness (QED) is 0.378. The van der Waals surface area contributed by atoms with Crippen LogP contribution in [0.5, 0.6) is 5.88 Å². The topological polar surface area (TPSA) is 125 Å². The number of pyridine rings is 1. The van der Waals surface area contributed by atoms with Crippen LogP contribution in [0.15, 0.2) is 47.5 Å². The predicted octanol–water partition coefficient (Wildman–Crippen LogP) is 3.07. The Morgan fingerprint density at radius 2 is 1.89 bits per heavy atom. The van der Waals surface area contributed by atoms with Gasteiger partial charge in [0.1, 0.15) is 21.4 Å². The predicted molar refractivity (Wildman–Crippen MR) is 141 cm³/mol. The molecule has 0 radical (unpaired) electrons. The van der Waals surface area contributed by atoms with Crippen LogP contribution in [0, 0.1) is 0 Å². The van der Waals surface area contributed by atoms with E-state index in [0.29, 0.717) is 23.3 Å². The molecule has 1 aromatic carbocycles. The maximum atomic E-state index is 12.4. The molecule has 1 saturated heterocycles. The fraction of sp³-hybridized carbons (Fsp3) is 0.348. The molecule has 0 aliphatic carbocycles. The van der Waals surface area contributed by atoms with Gasteiger partial charge < -0.3 is 25.2 Å². The van der Waals surface area contributed by atoms with Crippen LogP contribution in [-0.4, -0.2) is 75.7 Å². The summed E-state index contributed by atoms with van der Waals surface area (Å²) in [5.41, 5.74) is 0.902. The van der Waals surface area contributed by atoms with Crippen molar-refractivity contribution in [3.8, 4) is 5.88 Å². The minimum absolute atomic E-state index is 0.0663. The number of nitrogens with zero attached hydrogens (tertiary/aromatic N) is 5. The molecule has 3 heterocycles. The zero-order valence-electron chi connectivity index (χ0n) is 20.5. The summed E-state index contributed by atoms with van der Waals surface area (Å²) in [6.07, 6.45) is 2.50. The number of aromatic nitrogens is 3. The first kappa shape index (κ1) is 25.9. The first-order valence-corrected chi connectivity index (χ1v) is 13.1. The normalized spacial score (nSPS) is 15.8. The number of benzene rings is 1. The highest BCUT2D eigenvalue weighted by atomic mass is 35.5. The molecule has 0 spiro atoms. The van der Waals surface area contributed by atoms with Crippen molar-refractivity contribution >= 4 is 50.6 Å². The second-order valence-corrected chi connectivity index (χ2v) is 10.7. The molecule has 36 heavy (non-hydrogen) atoms. The lowest BCUT2D eigenvalue weighted by Gasteiger charge is -2.22. The van der Waals surface area contributed by atoms with Gasteiger partial charge in [0.15, 0.2) is 5.82 Å². The highest BCUT2D eigenvalue weighted by molar-refractivity contribution is 7.89. The van der Waals surface area contributed by atoms with Crippen LogP contribution < -0.4 is 25.0 Å². The Morgan fingerprint density at radius 3 is 2.58 bits per heavy atom. The van der Waals surface area contributed by atoms with Crippen LogP contribution in [0.3, 0.4) is 0 Å². The number of nitrogens with one attached hydrogen (secondary N) is 3. The number of hydrogen-bond acceptors (Lipinski definition) is 10.